The van der Waals surface area contributed by atoms with Crippen molar-refractivity contribution < 1.29 is 33.8 Å². The molecule has 2 amide bonds. The third-order valence-electron chi connectivity index (χ3n) is 4.31. The molecule has 0 unspecified atom stereocenters. The maximum Gasteiger partial charge on any atom is 0.344 e. The van der Waals surface area contributed by atoms with Gasteiger partial charge in [0.05, 0.1) is 17.9 Å². The zero-order chi connectivity index (χ0) is 23.3. The normalized spacial score (nSPS) is 14.8. The molecule has 9 nitrogen and oxygen atoms in total. The van der Waals surface area contributed by atoms with Crippen molar-refractivity contribution in [3.05, 3.63) is 65.2 Å². The van der Waals surface area contributed by atoms with E-state index in [0.29, 0.717) is 11.3 Å². The monoisotopic (exact) mass is 454 g/mol. The first-order chi connectivity index (χ1) is 15.3. The molecule has 0 radical (unpaired) electrons. The van der Waals surface area contributed by atoms with E-state index in [9.17, 15) is 24.3 Å². The van der Waals surface area contributed by atoms with Gasteiger partial charge >= 0.3 is 11.9 Å². The highest BCUT2D eigenvalue weighted by atomic mass is 32.1. The SMILES string of the molecule is CCOC(=O)COc1ccc(C=C2C(=O)NC(=S)N(c3cccc(C(=O)O)c3)C2=O)cc1. The molecule has 0 bridgehead atoms. The van der Waals surface area contributed by atoms with E-state index in [2.05, 4.69) is 5.32 Å². The minimum Gasteiger partial charge on any atom is -0.482 e. The number of nitrogens with one attached hydrogen (secondary N) is 1. The third kappa shape index (κ3) is 5.16. The fraction of sp³-hybridized carbons (Fsp3) is 0.136. The number of esters is 1. The largest absolute Gasteiger partial charge is 0.482 e. The van der Waals surface area contributed by atoms with Crippen LogP contribution in [0.4, 0.5) is 5.69 Å². The lowest BCUT2D eigenvalue weighted by Crippen LogP contribution is -2.54. The fourth-order valence-electron chi connectivity index (χ4n) is 2.84. The van der Waals surface area contributed by atoms with E-state index < -0.39 is 23.8 Å². The highest BCUT2D eigenvalue weighted by molar-refractivity contribution is 7.80. The topological polar surface area (TPSA) is 122 Å². The van der Waals surface area contributed by atoms with E-state index >= 15 is 0 Å². The minimum absolute atomic E-state index is 0.0288. The van der Waals surface area contributed by atoms with Crippen LogP contribution < -0.4 is 15.0 Å². The Morgan fingerprint density at radius 3 is 2.53 bits per heavy atom. The molecule has 2 aromatic carbocycles. The van der Waals surface area contributed by atoms with Crippen molar-refractivity contribution in [1.82, 2.24) is 5.32 Å². The average molecular weight is 454 g/mol. The Morgan fingerprint density at radius 2 is 1.88 bits per heavy atom. The summed E-state index contributed by atoms with van der Waals surface area (Å²) >= 11 is 5.12. The number of thiocarbonyl (C=S) groups is 1. The number of hydrogen-bond donors (Lipinski definition) is 2. The van der Waals surface area contributed by atoms with Gasteiger partial charge in [-0.05, 0) is 61.1 Å². The Balaban J connectivity index is 1.82. The number of nitrogens with zero attached hydrogens (tertiary/aromatic N) is 1. The van der Waals surface area contributed by atoms with Crippen molar-refractivity contribution in [2.45, 2.75) is 6.92 Å². The van der Waals surface area contributed by atoms with Crippen LogP contribution in [0.3, 0.4) is 0 Å². The van der Waals surface area contributed by atoms with Crippen molar-refractivity contribution in [1.29, 1.82) is 0 Å². The number of carboxylic acid groups (broad SMARTS) is 1. The molecule has 0 aromatic heterocycles. The van der Waals surface area contributed by atoms with E-state index in [4.69, 9.17) is 21.7 Å². The quantitative estimate of drug-likeness (QED) is 0.282. The molecule has 32 heavy (non-hydrogen) atoms. The second kappa shape index (κ2) is 9.84. The Morgan fingerprint density at radius 1 is 1.16 bits per heavy atom. The first-order valence-corrected chi connectivity index (χ1v) is 9.84. The average Bonchev–Trinajstić information content (AvgIpc) is 2.76. The van der Waals surface area contributed by atoms with Gasteiger partial charge in [0.1, 0.15) is 11.3 Å². The maximum absolute atomic E-state index is 13.0. The summed E-state index contributed by atoms with van der Waals surface area (Å²) < 4.78 is 10.1. The van der Waals surface area contributed by atoms with Gasteiger partial charge < -0.3 is 14.6 Å². The maximum atomic E-state index is 13.0. The molecule has 0 atom stereocenters. The van der Waals surface area contributed by atoms with E-state index in [1.807, 2.05) is 0 Å². The van der Waals surface area contributed by atoms with Crippen molar-refractivity contribution in [2.24, 2.45) is 0 Å². The molecule has 164 valence electrons. The summed E-state index contributed by atoms with van der Waals surface area (Å²) in [5, 5.41) is 11.5. The lowest BCUT2D eigenvalue weighted by atomic mass is 10.1. The van der Waals surface area contributed by atoms with Crippen molar-refractivity contribution >= 4 is 52.8 Å². The Hall–Kier alpha value is -4.05. The van der Waals surface area contributed by atoms with E-state index in [1.165, 1.54) is 30.3 Å². The van der Waals surface area contributed by atoms with Crippen LogP contribution in [0.1, 0.15) is 22.8 Å². The molecule has 0 aliphatic carbocycles. The number of benzene rings is 2. The second-order valence-electron chi connectivity index (χ2n) is 6.48. The van der Waals surface area contributed by atoms with Crippen LogP contribution in [0.2, 0.25) is 0 Å². The molecule has 1 aliphatic heterocycles. The fourth-order valence-corrected chi connectivity index (χ4v) is 3.12. The van der Waals surface area contributed by atoms with Crippen molar-refractivity contribution in [3.8, 4) is 5.75 Å². The van der Waals surface area contributed by atoms with E-state index in [0.717, 1.165) is 4.90 Å². The van der Waals surface area contributed by atoms with Crippen LogP contribution in [-0.2, 0) is 19.1 Å². The number of carbonyl (C=O) groups is 4. The van der Waals surface area contributed by atoms with Gasteiger partial charge in [-0.25, -0.2) is 9.59 Å². The van der Waals surface area contributed by atoms with Crippen LogP contribution in [0.25, 0.3) is 6.08 Å². The molecule has 0 saturated carbocycles. The molecule has 0 spiro atoms. The molecule has 2 aromatic rings. The highest BCUT2D eigenvalue weighted by Gasteiger charge is 2.34. The van der Waals surface area contributed by atoms with Crippen molar-refractivity contribution in [2.75, 3.05) is 18.1 Å². The van der Waals surface area contributed by atoms with Gasteiger partial charge in [0.2, 0.25) is 0 Å². The highest BCUT2D eigenvalue weighted by Crippen LogP contribution is 2.23. The van der Waals surface area contributed by atoms with Gasteiger partial charge in [0.25, 0.3) is 11.8 Å². The Labute approximate surface area is 188 Å². The first kappa shape index (κ1) is 22.6. The first-order valence-electron chi connectivity index (χ1n) is 9.43. The lowest BCUT2D eigenvalue weighted by molar-refractivity contribution is -0.145. The number of carbonyl (C=O) groups excluding carboxylic acids is 3. The Kier molecular flexibility index (Phi) is 6.96. The number of rotatable bonds is 7. The molecule has 1 heterocycles. The van der Waals surface area contributed by atoms with Gasteiger partial charge in [-0.1, -0.05) is 18.2 Å². The molecule has 1 aliphatic rings. The lowest BCUT2D eigenvalue weighted by Gasteiger charge is -2.29. The van der Waals surface area contributed by atoms with Gasteiger partial charge in [-0.2, -0.15) is 0 Å². The third-order valence-corrected chi connectivity index (χ3v) is 4.59. The molecule has 10 heteroatoms. The predicted molar refractivity (Wildman–Crippen MR) is 118 cm³/mol. The molecular weight excluding hydrogens is 436 g/mol. The molecule has 2 N–H and O–H groups in total. The summed E-state index contributed by atoms with van der Waals surface area (Å²) in [7, 11) is 0. The van der Waals surface area contributed by atoms with Gasteiger partial charge in [0, 0.05) is 0 Å². The zero-order valence-corrected chi connectivity index (χ0v) is 17.7. The van der Waals surface area contributed by atoms with E-state index in [-0.39, 0.29) is 35.2 Å². The molecular formula is C22H18N2O7S. The number of ether oxygens (including phenoxy) is 2. The summed E-state index contributed by atoms with van der Waals surface area (Å²) in [6.45, 7) is 1.71. The number of hydrogen-bond acceptors (Lipinski definition) is 7. The second-order valence-corrected chi connectivity index (χ2v) is 6.86. The van der Waals surface area contributed by atoms with Crippen LogP contribution in [0, 0.1) is 0 Å². The van der Waals surface area contributed by atoms with Gasteiger partial charge in [-0.3, -0.25) is 19.8 Å². The zero-order valence-electron chi connectivity index (χ0n) is 16.9. The number of anilines is 1. The predicted octanol–water partition coefficient (Wildman–Crippen LogP) is 2.16. The summed E-state index contributed by atoms with van der Waals surface area (Å²) in [4.78, 5) is 49.1. The Bertz CT molecular complexity index is 1130. The molecule has 3 rings (SSSR count). The van der Waals surface area contributed by atoms with Crippen LogP contribution in [0.15, 0.2) is 54.1 Å². The van der Waals surface area contributed by atoms with Gasteiger partial charge in [0.15, 0.2) is 11.7 Å². The summed E-state index contributed by atoms with van der Waals surface area (Å²) in [6, 6.07) is 12.0. The molecule has 1 fully saturated rings. The number of carboxylic acids is 1. The summed E-state index contributed by atoms with van der Waals surface area (Å²) in [6.07, 6.45) is 1.38. The standard InChI is InChI=1S/C22H18N2O7S/c1-2-30-18(25)12-31-16-8-6-13(7-9-16)10-17-19(26)23-22(32)24(20(17)27)15-5-3-4-14(11-15)21(28)29/h3-11H,2,12H2,1H3,(H,28,29)(H,23,26,32). The molecule has 1 saturated heterocycles. The minimum atomic E-state index is -1.16. The van der Waals surface area contributed by atoms with Gasteiger partial charge in [-0.15, -0.1) is 0 Å². The summed E-state index contributed by atoms with van der Waals surface area (Å²) in [5.74, 6) is -2.61. The summed E-state index contributed by atoms with van der Waals surface area (Å²) in [5.41, 5.74) is 0.533. The van der Waals surface area contributed by atoms with E-state index in [1.54, 1.807) is 31.2 Å². The van der Waals surface area contributed by atoms with Crippen LogP contribution >= 0.6 is 12.2 Å². The van der Waals surface area contributed by atoms with Crippen molar-refractivity contribution in [3.63, 3.8) is 0 Å². The van der Waals surface area contributed by atoms with Crippen LogP contribution in [0.5, 0.6) is 5.75 Å². The smallest absolute Gasteiger partial charge is 0.344 e. The van der Waals surface area contributed by atoms with Crippen LogP contribution in [-0.4, -0.2) is 47.2 Å². The number of aromatic carboxylic acids is 1. The number of amides is 2.